The molecule has 0 bridgehead atoms. The Morgan fingerprint density at radius 1 is 0.809 bits per heavy atom. The standard InChI is InChI=1S/C34H44O11S2/c1-23-6-15-28-31(2,21-43-46(36,37)26-11-7-24(40-4)8-12-26)29(44-47(38,39)27-13-9-25(41-5)10-14-27)16-17-32(28,3)34(23)19-18-33(45-34)20-30(35)42-22-33/h7-14,23,28-29H,6,15-22H2,1-5H3. The Kier molecular flexibility index (Phi) is 8.73. The van der Waals surface area contributed by atoms with Crippen molar-refractivity contribution in [3.63, 3.8) is 0 Å². The van der Waals surface area contributed by atoms with Gasteiger partial charge in [0.25, 0.3) is 20.2 Å². The highest BCUT2D eigenvalue weighted by Gasteiger charge is 2.70. The molecule has 47 heavy (non-hydrogen) atoms. The first-order valence-electron chi connectivity index (χ1n) is 16.1. The van der Waals surface area contributed by atoms with Gasteiger partial charge in [-0.1, -0.05) is 20.8 Å². The summed E-state index contributed by atoms with van der Waals surface area (Å²) in [6, 6.07) is 11.9. The van der Waals surface area contributed by atoms with Crippen LogP contribution in [-0.4, -0.2) is 67.5 Å². The topological polar surface area (TPSA) is 141 Å². The molecule has 0 amide bonds. The quantitative estimate of drug-likeness (QED) is 0.251. The van der Waals surface area contributed by atoms with Gasteiger partial charge in [0, 0.05) is 10.8 Å². The van der Waals surface area contributed by atoms with Crippen LogP contribution in [0.25, 0.3) is 0 Å². The maximum absolute atomic E-state index is 13.7. The van der Waals surface area contributed by atoms with Gasteiger partial charge < -0.3 is 18.9 Å². The Hall–Kier alpha value is -2.71. The van der Waals surface area contributed by atoms with E-state index < -0.39 is 48.4 Å². The summed E-state index contributed by atoms with van der Waals surface area (Å²) in [5.41, 5.74) is -2.89. The number of carbonyl (C=O) groups is 1. The van der Waals surface area contributed by atoms with Crippen LogP contribution in [0.3, 0.4) is 0 Å². The molecule has 0 N–H and O–H groups in total. The number of carbonyl (C=O) groups excluding carboxylic acids is 1. The van der Waals surface area contributed by atoms with Crippen LogP contribution in [0.1, 0.15) is 65.7 Å². The fraction of sp³-hybridized carbons (Fsp3) is 0.618. The molecule has 2 saturated heterocycles. The van der Waals surface area contributed by atoms with Gasteiger partial charge in [0.1, 0.15) is 23.7 Å². The first-order valence-corrected chi connectivity index (χ1v) is 18.9. The molecule has 258 valence electrons. The molecule has 2 spiro atoms. The molecule has 0 radical (unpaired) electrons. The smallest absolute Gasteiger partial charge is 0.308 e. The summed E-state index contributed by atoms with van der Waals surface area (Å²) < 4.78 is 89.2. The molecule has 4 aliphatic rings. The Labute approximate surface area is 277 Å². The first kappa shape index (κ1) is 34.2. The molecule has 11 nitrogen and oxygen atoms in total. The van der Waals surface area contributed by atoms with Crippen LogP contribution in [0.15, 0.2) is 58.3 Å². The number of ether oxygens (including phenoxy) is 4. The summed E-state index contributed by atoms with van der Waals surface area (Å²) in [4.78, 5) is 12.2. The van der Waals surface area contributed by atoms with Crippen molar-refractivity contribution in [3.8, 4) is 11.5 Å². The number of fused-ring (bicyclic) bond motifs is 2. The number of rotatable bonds is 9. The largest absolute Gasteiger partial charge is 0.497 e. The van der Waals surface area contributed by atoms with E-state index in [0.717, 1.165) is 6.42 Å². The lowest BCUT2D eigenvalue weighted by Crippen LogP contribution is -2.67. The molecule has 0 aromatic heterocycles. The fourth-order valence-corrected chi connectivity index (χ4v) is 11.2. The summed E-state index contributed by atoms with van der Waals surface area (Å²) in [5.74, 6) is 0.643. The summed E-state index contributed by atoms with van der Waals surface area (Å²) in [5, 5.41) is 0. The van der Waals surface area contributed by atoms with Gasteiger partial charge in [-0.05, 0) is 98.9 Å². The van der Waals surface area contributed by atoms with Crippen molar-refractivity contribution in [2.75, 3.05) is 27.4 Å². The van der Waals surface area contributed by atoms with Crippen LogP contribution in [-0.2, 0) is 42.9 Å². The lowest BCUT2D eigenvalue weighted by atomic mass is 9.43. The number of hydrogen-bond acceptors (Lipinski definition) is 11. The lowest BCUT2D eigenvalue weighted by molar-refractivity contribution is -0.262. The predicted octanol–water partition coefficient (Wildman–Crippen LogP) is 5.27. The summed E-state index contributed by atoms with van der Waals surface area (Å²) in [6.07, 6.45) is 3.07. The monoisotopic (exact) mass is 692 g/mol. The van der Waals surface area contributed by atoms with Crippen LogP contribution >= 0.6 is 0 Å². The van der Waals surface area contributed by atoms with Crippen molar-refractivity contribution >= 4 is 26.2 Å². The zero-order valence-electron chi connectivity index (χ0n) is 27.5. The maximum Gasteiger partial charge on any atom is 0.308 e. The van der Waals surface area contributed by atoms with Crippen molar-refractivity contribution in [1.82, 2.24) is 0 Å². The highest BCUT2D eigenvalue weighted by molar-refractivity contribution is 7.87. The molecule has 7 atom stereocenters. The van der Waals surface area contributed by atoms with E-state index in [1.807, 2.05) is 6.92 Å². The fourth-order valence-electron chi connectivity index (χ4n) is 9.03. The second kappa shape index (κ2) is 12.0. The van der Waals surface area contributed by atoms with Crippen LogP contribution in [0.2, 0.25) is 0 Å². The van der Waals surface area contributed by atoms with Gasteiger partial charge in [0.2, 0.25) is 0 Å². The lowest BCUT2D eigenvalue weighted by Gasteiger charge is -2.65. The molecule has 4 fully saturated rings. The third-order valence-corrected chi connectivity index (χ3v) is 14.3. The van der Waals surface area contributed by atoms with Crippen LogP contribution in [0, 0.1) is 22.7 Å². The van der Waals surface area contributed by atoms with Crippen molar-refractivity contribution in [2.24, 2.45) is 22.7 Å². The highest BCUT2D eigenvalue weighted by Crippen LogP contribution is 2.68. The third-order valence-electron chi connectivity index (χ3n) is 11.7. The number of cyclic esters (lactones) is 1. The van der Waals surface area contributed by atoms with Crippen molar-refractivity contribution in [1.29, 1.82) is 0 Å². The van der Waals surface area contributed by atoms with E-state index in [-0.39, 0.29) is 47.2 Å². The number of esters is 1. The van der Waals surface area contributed by atoms with Gasteiger partial charge in [-0.2, -0.15) is 16.8 Å². The molecule has 6 rings (SSSR count). The molecule has 2 aromatic rings. The minimum atomic E-state index is -4.25. The van der Waals surface area contributed by atoms with E-state index in [0.29, 0.717) is 43.6 Å². The number of benzene rings is 2. The Bertz CT molecular complexity index is 1710. The SMILES string of the molecule is COc1ccc(S(=O)(=O)OCC2(C)C(OS(=O)(=O)c3ccc(OC)cc3)CCC3(C)C2CCC(C)C32CCC3(COC(=O)C3)O2)cc1. The molecular formula is C34H44O11S2. The van der Waals surface area contributed by atoms with Gasteiger partial charge in [-0.3, -0.25) is 13.2 Å². The van der Waals surface area contributed by atoms with E-state index in [4.69, 9.17) is 27.3 Å². The van der Waals surface area contributed by atoms with Gasteiger partial charge in [0.05, 0.1) is 48.7 Å². The summed E-state index contributed by atoms with van der Waals surface area (Å²) in [6.45, 7) is 6.14. The average Bonchev–Trinajstić information content (AvgIpc) is 3.62. The van der Waals surface area contributed by atoms with Gasteiger partial charge >= 0.3 is 5.97 Å². The second-order valence-corrected chi connectivity index (χ2v) is 17.3. The third kappa shape index (κ3) is 5.75. The van der Waals surface area contributed by atoms with E-state index in [1.54, 1.807) is 24.3 Å². The molecule has 2 aliphatic carbocycles. The minimum Gasteiger partial charge on any atom is -0.497 e. The molecule has 2 saturated carbocycles. The minimum absolute atomic E-state index is 0.0264. The van der Waals surface area contributed by atoms with Crippen molar-refractivity contribution in [3.05, 3.63) is 48.5 Å². The summed E-state index contributed by atoms with van der Waals surface area (Å²) >= 11 is 0. The average molecular weight is 693 g/mol. The molecular weight excluding hydrogens is 648 g/mol. The van der Waals surface area contributed by atoms with Crippen molar-refractivity contribution < 1.29 is 48.9 Å². The molecule has 2 aliphatic heterocycles. The van der Waals surface area contributed by atoms with Gasteiger partial charge in [-0.25, -0.2) is 0 Å². The van der Waals surface area contributed by atoms with Crippen molar-refractivity contribution in [2.45, 2.75) is 92.8 Å². The molecule has 7 unspecified atom stereocenters. The van der Waals surface area contributed by atoms with E-state index in [1.165, 1.54) is 38.5 Å². The zero-order valence-corrected chi connectivity index (χ0v) is 29.2. The van der Waals surface area contributed by atoms with Crippen LogP contribution in [0.4, 0.5) is 0 Å². The Balaban J connectivity index is 1.36. The van der Waals surface area contributed by atoms with E-state index >= 15 is 0 Å². The van der Waals surface area contributed by atoms with E-state index in [9.17, 15) is 21.6 Å². The first-order chi connectivity index (χ1) is 22.1. The number of methoxy groups -OCH3 is 2. The highest BCUT2D eigenvalue weighted by atomic mass is 32.2. The Morgan fingerprint density at radius 3 is 1.96 bits per heavy atom. The zero-order chi connectivity index (χ0) is 33.9. The summed E-state index contributed by atoms with van der Waals surface area (Å²) in [7, 11) is -5.49. The van der Waals surface area contributed by atoms with Gasteiger partial charge in [-0.15, -0.1) is 0 Å². The maximum atomic E-state index is 13.7. The predicted molar refractivity (Wildman–Crippen MR) is 170 cm³/mol. The Morgan fingerprint density at radius 2 is 1.40 bits per heavy atom. The van der Waals surface area contributed by atoms with Crippen LogP contribution < -0.4 is 9.47 Å². The normalized spacial score (nSPS) is 35.5. The van der Waals surface area contributed by atoms with Gasteiger partial charge in [0.15, 0.2) is 0 Å². The molecule has 13 heteroatoms. The molecule has 2 aromatic carbocycles. The molecule has 2 heterocycles. The number of hydrogen-bond donors (Lipinski definition) is 0. The van der Waals surface area contributed by atoms with E-state index in [2.05, 4.69) is 13.8 Å². The second-order valence-electron chi connectivity index (χ2n) is 14.1. The van der Waals surface area contributed by atoms with Crippen LogP contribution in [0.5, 0.6) is 11.5 Å².